The standard InChI is InChI=1S/C12H20N2O4/c1-8-5-4-6-14(11(8)16)7-10(12(17)18-3)13-9(2)15/h8,10H,4-7H2,1-3H3,(H,13,15). The highest BCUT2D eigenvalue weighted by atomic mass is 16.5. The summed E-state index contributed by atoms with van der Waals surface area (Å²) in [5, 5.41) is 2.51. The number of hydrogen-bond acceptors (Lipinski definition) is 4. The number of piperidine rings is 1. The summed E-state index contributed by atoms with van der Waals surface area (Å²) >= 11 is 0. The first-order valence-electron chi connectivity index (χ1n) is 6.09. The number of rotatable bonds is 4. The lowest BCUT2D eigenvalue weighted by Gasteiger charge is -2.32. The molecule has 0 aromatic rings. The van der Waals surface area contributed by atoms with E-state index in [2.05, 4.69) is 10.1 Å². The summed E-state index contributed by atoms with van der Waals surface area (Å²) in [4.78, 5) is 36.1. The van der Waals surface area contributed by atoms with Gasteiger partial charge in [-0.2, -0.15) is 0 Å². The van der Waals surface area contributed by atoms with Crippen LogP contribution in [0.3, 0.4) is 0 Å². The number of amides is 2. The maximum atomic E-state index is 11.9. The van der Waals surface area contributed by atoms with Gasteiger partial charge in [0.05, 0.1) is 13.7 Å². The van der Waals surface area contributed by atoms with E-state index in [4.69, 9.17) is 0 Å². The number of nitrogens with zero attached hydrogens (tertiary/aromatic N) is 1. The first kappa shape index (κ1) is 14.5. The highest BCUT2D eigenvalue weighted by molar-refractivity contribution is 5.85. The molecule has 18 heavy (non-hydrogen) atoms. The largest absolute Gasteiger partial charge is 0.467 e. The molecule has 1 rings (SSSR count). The maximum absolute atomic E-state index is 11.9. The second kappa shape index (κ2) is 6.37. The monoisotopic (exact) mass is 256 g/mol. The van der Waals surface area contributed by atoms with E-state index in [1.807, 2.05) is 6.92 Å². The Morgan fingerprint density at radius 1 is 1.56 bits per heavy atom. The molecule has 1 aliphatic rings. The van der Waals surface area contributed by atoms with Gasteiger partial charge in [-0.1, -0.05) is 6.92 Å². The van der Waals surface area contributed by atoms with Crippen molar-refractivity contribution in [2.45, 2.75) is 32.7 Å². The van der Waals surface area contributed by atoms with Gasteiger partial charge in [0.1, 0.15) is 6.04 Å². The quantitative estimate of drug-likeness (QED) is 0.714. The fourth-order valence-corrected chi connectivity index (χ4v) is 2.10. The summed E-state index contributed by atoms with van der Waals surface area (Å²) in [6, 6.07) is -0.790. The molecular formula is C12H20N2O4. The van der Waals surface area contributed by atoms with E-state index in [9.17, 15) is 14.4 Å². The number of likely N-dealkylation sites (tertiary alicyclic amines) is 1. The first-order chi connectivity index (χ1) is 8.45. The first-order valence-corrected chi connectivity index (χ1v) is 6.09. The van der Waals surface area contributed by atoms with Crippen molar-refractivity contribution in [1.29, 1.82) is 0 Å². The molecule has 1 saturated heterocycles. The number of esters is 1. The predicted molar refractivity (Wildman–Crippen MR) is 64.6 cm³/mol. The summed E-state index contributed by atoms with van der Waals surface area (Å²) in [5.74, 6) is -0.839. The Morgan fingerprint density at radius 3 is 2.78 bits per heavy atom. The minimum absolute atomic E-state index is 0.0191. The average molecular weight is 256 g/mol. The van der Waals surface area contributed by atoms with Crippen LogP contribution in [0.2, 0.25) is 0 Å². The van der Waals surface area contributed by atoms with E-state index in [1.165, 1.54) is 14.0 Å². The van der Waals surface area contributed by atoms with Crippen LogP contribution in [-0.4, -0.2) is 48.9 Å². The number of carbonyl (C=O) groups excluding carboxylic acids is 3. The SMILES string of the molecule is COC(=O)C(CN1CCCC(C)C1=O)NC(C)=O. The number of nitrogens with one attached hydrogen (secondary N) is 1. The molecule has 1 aliphatic heterocycles. The fraction of sp³-hybridized carbons (Fsp3) is 0.750. The maximum Gasteiger partial charge on any atom is 0.330 e. The molecule has 0 saturated carbocycles. The third-order valence-corrected chi connectivity index (χ3v) is 3.06. The van der Waals surface area contributed by atoms with Crippen LogP contribution in [0.5, 0.6) is 0 Å². The Hall–Kier alpha value is -1.59. The van der Waals surface area contributed by atoms with Gasteiger partial charge in [-0.3, -0.25) is 9.59 Å². The third-order valence-electron chi connectivity index (χ3n) is 3.06. The second-order valence-corrected chi connectivity index (χ2v) is 4.60. The second-order valence-electron chi connectivity index (χ2n) is 4.60. The zero-order chi connectivity index (χ0) is 13.7. The highest BCUT2D eigenvalue weighted by Gasteiger charge is 2.30. The topological polar surface area (TPSA) is 75.7 Å². The molecule has 0 aromatic heterocycles. The van der Waals surface area contributed by atoms with Crippen LogP contribution in [0.1, 0.15) is 26.7 Å². The molecule has 6 nitrogen and oxygen atoms in total. The Labute approximate surface area is 107 Å². The van der Waals surface area contributed by atoms with Crippen LogP contribution in [0.25, 0.3) is 0 Å². The van der Waals surface area contributed by atoms with Crippen LogP contribution < -0.4 is 5.32 Å². The Kier molecular flexibility index (Phi) is 5.12. The van der Waals surface area contributed by atoms with Crippen molar-refractivity contribution in [3.63, 3.8) is 0 Å². The predicted octanol–water partition coefficient (Wildman–Crippen LogP) is -0.0774. The zero-order valence-electron chi connectivity index (χ0n) is 11.1. The van der Waals surface area contributed by atoms with Gasteiger partial charge in [0.2, 0.25) is 11.8 Å². The van der Waals surface area contributed by atoms with Crippen molar-refractivity contribution in [1.82, 2.24) is 10.2 Å². The van der Waals surface area contributed by atoms with Crippen LogP contribution in [0.15, 0.2) is 0 Å². The van der Waals surface area contributed by atoms with E-state index in [1.54, 1.807) is 4.90 Å². The molecule has 1 N–H and O–H groups in total. The zero-order valence-corrected chi connectivity index (χ0v) is 11.1. The van der Waals surface area contributed by atoms with E-state index in [-0.39, 0.29) is 24.3 Å². The fourth-order valence-electron chi connectivity index (χ4n) is 2.10. The molecule has 102 valence electrons. The van der Waals surface area contributed by atoms with Crippen molar-refractivity contribution in [2.24, 2.45) is 5.92 Å². The summed E-state index contributed by atoms with van der Waals surface area (Å²) in [7, 11) is 1.26. The molecule has 0 aromatic carbocycles. The molecule has 1 fully saturated rings. The van der Waals surface area contributed by atoms with Gasteiger partial charge in [0.15, 0.2) is 0 Å². The van der Waals surface area contributed by atoms with Gasteiger partial charge in [-0.05, 0) is 12.8 Å². The van der Waals surface area contributed by atoms with Crippen molar-refractivity contribution >= 4 is 17.8 Å². The third kappa shape index (κ3) is 3.72. The van der Waals surface area contributed by atoms with Crippen molar-refractivity contribution < 1.29 is 19.1 Å². The van der Waals surface area contributed by atoms with Gasteiger partial charge >= 0.3 is 5.97 Å². The highest BCUT2D eigenvalue weighted by Crippen LogP contribution is 2.17. The Morgan fingerprint density at radius 2 is 2.22 bits per heavy atom. The molecule has 2 unspecified atom stereocenters. The minimum Gasteiger partial charge on any atom is -0.467 e. The molecular weight excluding hydrogens is 236 g/mol. The van der Waals surface area contributed by atoms with Crippen LogP contribution >= 0.6 is 0 Å². The molecule has 2 amide bonds. The van der Waals surface area contributed by atoms with Gasteiger partial charge in [-0.25, -0.2) is 4.79 Å². The summed E-state index contributed by atoms with van der Waals surface area (Å²) in [5.41, 5.74) is 0. The van der Waals surface area contributed by atoms with Gasteiger partial charge in [0, 0.05) is 19.4 Å². The summed E-state index contributed by atoms with van der Waals surface area (Å²) < 4.78 is 4.63. The average Bonchev–Trinajstić information content (AvgIpc) is 2.32. The van der Waals surface area contributed by atoms with Gasteiger partial charge in [0.25, 0.3) is 0 Å². The van der Waals surface area contributed by atoms with E-state index < -0.39 is 12.0 Å². The molecule has 0 aliphatic carbocycles. The smallest absolute Gasteiger partial charge is 0.330 e. The van der Waals surface area contributed by atoms with E-state index in [0.29, 0.717) is 6.54 Å². The molecule has 0 bridgehead atoms. The normalized spacial score (nSPS) is 21.4. The molecule has 0 spiro atoms. The summed E-state index contributed by atoms with van der Waals surface area (Å²) in [6.07, 6.45) is 1.79. The van der Waals surface area contributed by atoms with Crippen LogP contribution in [-0.2, 0) is 19.1 Å². The van der Waals surface area contributed by atoms with Crippen molar-refractivity contribution in [3.8, 4) is 0 Å². The van der Waals surface area contributed by atoms with Gasteiger partial charge < -0.3 is 15.0 Å². The minimum atomic E-state index is -0.790. The van der Waals surface area contributed by atoms with E-state index >= 15 is 0 Å². The number of carbonyl (C=O) groups is 3. The van der Waals surface area contributed by atoms with E-state index in [0.717, 1.165) is 12.8 Å². The van der Waals surface area contributed by atoms with Crippen LogP contribution in [0.4, 0.5) is 0 Å². The Balaban J connectivity index is 2.67. The van der Waals surface area contributed by atoms with Gasteiger partial charge in [-0.15, -0.1) is 0 Å². The number of hydrogen-bond donors (Lipinski definition) is 1. The lowest BCUT2D eigenvalue weighted by Crippen LogP contribution is -2.52. The molecule has 0 radical (unpaired) electrons. The molecule has 6 heteroatoms. The lowest BCUT2D eigenvalue weighted by atomic mass is 9.99. The number of methoxy groups -OCH3 is 1. The van der Waals surface area contributed by atoms with Crippen LogP contribution in [0, 0.1) is 5.92 Å². The number of ether oxygens (including phenoxy) is 1. The Bertz CT molecular complexity index is 343. The van der Waals surface area contributed by atoms with Crippen molar-refractivity contribution in [2.75, 3.05) is 20.2 Å². The van der Waals surface area contributed by atoms with Crippen molar-refractivity contribution in [3.05, 3.63) is 0 Å². The lowest BCUT2D eigenvalue weighted by molar-refractivity contribution is -0.147. The molecule has 1 heterocycles. The summed E-state index contributed by atoms with van der Waals surface area (Å²) in [6.45, 7) is 4.00. The molecule has 2 atom stereocenters.